The Bertz CT molecular complexity index is 622. The molecule has 1 unspecified atom stereocenters. The second kappa shape index (κ2) is 5.06. The highest BCUT2D eigenvalue weighted by Gasteiger charge is 2.23. The third-order valence-electron chi connectivity index (χ3n) is 3.74. The van der Waals surface area contributed by atoms with Crippen LogP contribution >= 0.6 is 0 Å². The maximum Gasteiger partial charge on any atom is 0.157 e. The number of hydrogen-bond donors (Lipinski definition) is 3. The Hall–Kier alpha value is -2.20. The van der Waals surface area contributed by atoms with Gasteiger partial charge in [-0.15, -0.1) is 0 Å². The van der Waals surface area contributed by atoms with Crippen molar-refractivity contribution in [3.63, 3.8) is 0 Å². The number of fused-ring (bicyclic) bond motifs is 1. The molecule has 0 spiro atoms. The Morgan fingerprint density at radius 3 is 2.50 bits per heavy atom. The highest BCUT2D eigenvalue weighted by atomic mass is 16.5. The minimum absolute atomic E-state index is 0.0242. The van der Waals surface area contributed by atoms with E-state index in [0.717, 1.165) is 35.4 Å². The first-order chi connectivity index (χ1) is 9.69. The van der Waals surface area contributed by atoms with Crippen LogP contribution in [0.15, 0.2) is 36.4 Å². The van der Waals surface area contributed by atoms with Crippen LogP contribution in [0, 0.1) is 0 Å². The Labute approximate surface area is 117 Å². The van der Waals surface area contributed by atoms with Crippen LogP contribution in [0.2, 0.25) is 0 Å². The fraction of sp³-hybridized carbons (Fsp3) is 0.250. The molecule has 0 saturated carbocycles. The molecule has 0 radical (unpaired) electrons. The van der Waals surface area contributed by atoms with Crippen molar-refractivity contribution < 1.29 is 14.9 Å². The number of ether oxygens (including phenoxy) is 1. The van der Waals surface area contributed by atoms with Gasteiger partial charge in [0, 0.05) is 6.54 Å². The van der Waals surface area contributed by atoms with Gasteiger partial charge in [0.05, 0.1) is 13.2 Å². The van der Waals surface area contributed by atoms with Crippen molar-refractivity contribution in [2.24, 2.45) is 0 Å². The minimum atomic E-state index is -0.0778. The van der Waals surface area contributed by atoms with Crippen LogP contribution in [-0.4, -0.2) is 23.9 Å². The van der Waals surface area contributed by atoms with Gasteiger partial charge in [0.15, 0.2) is 11.5 Å². The van der Waals surface area contributed by atoms with Gasteiger partial charge in [0.25, 0.3) is 0 Å². The molecular formula is C16H17NO3. The summed E-state index contributed by atoms with van der Waals surface area (Å²) >= 11 is 0. The van der Waals surface area contributed by atoms with E-state index in [2.05, 4.69) is 5.32 Å². The van der Waals surface area contributed by atoms with Gasteiger partial charge in [-0.1, -0.05) is 12.1 Å². The lowest BCUT2D eigenvalue weighted by Crippen LogP contribution is -2.30. The molecule has 20 heavy (non-hydrogen) atoms. The standard InChI is InChI=1S/C16H17NO3/c1-20-12-4-2-10(3-5-12)16-13-9-15(19)14(18)8-11(13)6-7-17-16/h2-5,8-9,16-19H,6-7H2,1H3. The Balaban J connectivity index is 2.02. The molecule has 1 heterocycles. The Morgan fingerprint density at radius 2 is 1.80 bits per heavy atom. The molecule has 104 valence electrons. The van der Waals surface area contributed by atoms with E-state index in [1.165, 1.54) is 0 Å². The van der Waals surface area contributed by atoms with E-state index in [1.54, 1.807) is 19.2 Å². The monoisotopic (exact) mass is 271 g/mol. The van der Waals surface area contributed by atoms with Crippen molar-refractivity contribution in [2.75, 3.05) is 13.7 Å². The number of rotatable bonds is 2. The molecule has 1 atom stereocenters. The summed E-state index contributed by atoms with van der Waals surface area (Å²) in [6.45, 7) is 0.841. The quantitative estimate of drug-likeness (QED) is 0.734. The van der Waals surface area contributed by atoms with Crippen molar-refractivity contribution in [1.29, 1.82) is 0 Å². The fourth-order valence-corrected chi connectivity index (χ4v) is 2.68. The summed E-state index contributed by atoms with van der Waals surface area (Å²) in [7, 11) is 1.64. The van der Waals surface area contributed by atoms with E-state index in [4.69, 9.17) is 4.74 Å². The van der Waals surface area contributed by atoms with Crippen molar-refractivity contribution in [1.82, 2.24) is 5.32 Å². The topological polar surface area (TPSA) is 61.7 Å². The lowest BCUT2D eigenvalue weighted by atomic mass is 9.89. The number of phenolic OH excluding ortho intramolecular Hbond substituents is 2. The van der Waals surface area contributed by atoms with Crippen LogP contribution in [-0.2, 0) is 6.42 Å². The molecule has 2 aromatic rings. The molecule has 4 nitrogen and oxygen atoms in total. The normalized spacial score (nSPS) is 17.6. The first kappa shape index (κ1) is 12.8. The van der Waals surface area contributed by atoms with Crippen LogP contribution in [0.1, 0.15) is 22.7 Å². The minimum Gasteiger partial charge on any atom is -0.504 e. The second-order valence-electron chi connectivity index (χ2n) is 4.95. The van der Waals surface area contributed by atoms with Gasteiger partial charge in [-0.3, -0.25) is 0 Å². The van der Waals surface area contributed by atoms with E-state index in [0.29, 0.717) is 0 Å². The maximum atomic E-state index is 9.72. The van der Waals surface area contributed by atoms with E-state index in [-0.39, 0.29) is 17.5 Å². The summed E-state index contributed by atoms with van der Waals surface area (Å²) in [6.07, 6.45) is 0.843. The van der Waals surface area contributed by atoms with Crippen molar-refractivity contribution >= 4 is 0 Å². The first-order valence-corrected chi connectivity index (χ1v) is 6.61. The molecule has 0 amide bonds. The van der Waals surface area contributed by atoms with Crippen molar-refractivity contribution in [3.05, 3.63) is 53.1 Å². The van der Waals surface area contributed by atoms with Crippen molar-refractivity contribution in [3.8, 4) is 17.2 Å². The van der Waals surface area contributed by atoms with E-state index in [1.807, 2.05) is 24.3 Å². The van der Waals surface area contributed by atoms with E-state index >= 15 is 0 Å². The average Bonchev–Trinajstić information content (AvgIpc) is 2.48. The number of aromatic hydroxyl groups is 2. The molecule has 3 rings (SSSR count). The van der Waals surface area contributed by atoms with Gasteiger partial charge >= 0.3 is 0 Å². The third kappa shape index (κ3) is 2.18. The molecule has 1 aliphatic heterocycles. The van der Waals surface area contributed by atoms with Gasteiger partial charge in [-0.05, 0) is 47.4 Å². The SMILES string of the molecule is COc1ccc(C2NCCc3cc(O)c(O)cc32)cc1. The van der Waals surface area contributed by atoms with E-state index in [9.17, 15) is 10.2 Å². The fourth-order valence-electron chi connectivity index (χ4n) is 2.68. The van der Waals surface area contributed by atoms with Gasteiger partial charge in [-0.2, -0.15) is 0 Å². The average molecular weight is 271 g/mol. The summed E-state index contributed by atoms with van der Waals surface area (Å²) in [6, 6.07) is 11.2. The molecule has 2 aromatic carbocycles. The maximum absolute atomic E-state index is 9.72. The smallest absolute Gasteiger partial charge is 0.157 e. The molecule has 0 fully saturated rings. The number of hydrogen-bond acceptors (Lipinski definition) is 4. The lowest BCUT2D eigenvalue weighted by Gasteiger charge is -2.28. The number of phenols is 2. The van der Waals surface area contributed by atoms with Crippen LogP contribution in [0.3, 0.4) is 0 Å². The van der Waals surface area contributed by atoms with Crippen LogP contribution < -0.4 is 10.1 Å². The first-order valence-electron chi connectivity index (χ1n) is 6.61. The van der Waals surface area contributed by atoms with Gasteiger partial charge in [0.2, 0.25) is 0 Å². The summed E-state index contributed by atoms with van der Waals surface area (Å²) < 4.78 is 5.17. The number of benzene rings is 2. The van der Waals surface area contributed by atoms with Crippen LogP contribution in [0.5, 0.6) is 17.2 Å². The highest BCUT2D eigenvalue weighted by molar-refractivity contribution is 5.50. The molecule has 1 aliphatic rings. The summed E-state index contributed by atoms with van der Waals surface area (Å²) in [5.74, 6) is 0.684. The number of nitrogens with one attached hydrogen (secondary N) is 1. The molecule has 0 aliphatic carbocycles. The zero-order valence-corrected chi connectivity index (χ0v) is 11.3. The summed E-state index contributed by atoms with van der Waals surface area (Å²) in [5, 5.41) is 22.8. The summed E-state index contributed by atoms with van der Waals surface area (Å²) in [4.78, 5) is 0. The third-order valence-corrected chi connectivity index (χ3v) is 3.74. The molecule has 0 bridgehead atoms. The highest BCUT2D eigenvalue weighted by Crippen LogP contribution is 2.36. The Morgan fingerprint density at radius 1 is 1.10 bits per heavy atom. The second-order valence-corrected chi connectivity index (χ2v) is 4.95. The van der Waals surface area contributed by atoms with Crippen LogP contribution in [0.25, 0.3) is 0 Å². The molecule has 4 heteroatoms. The van der Waals surface area contributed by atoms with Gasteiger partial charge in [0.1, 0.15) is 5.75 Å². The zero-order chi connectivity index (χ0) is 14.1. The Kier molecular flexibility index (Phi) is 3.24. The largest absolute Gasteiger partial charge is 0.504 e. The van der Waals surface area contributed by atoms with Crippen LogP contribution in [0.4, 0.5) is 0 Å². The lowest BCUT2D eigenvalue weighted by molar-refractivity contribution is 0.400. The van der Waals surface area contributed by atoms with Crippen molar-refractivity contribution in [2.45, 2.75) is 12.5 Å². The molecule has 0 aromatic heterocycles. The number of methoxy groups -OCH3 is 1. The van der Waals surface area contributed by atoms with Gasteiger partial charge in [-0.25, -0.2) is 0 Å². The van der Waals surface area contributed by atoms with Gasteiger partial charge < -0.3 is 20.3 Å². The molecular weight excluding hydrogens is 254 g/mol. The zero-order valence-electron chi connectivity index (χ0n) is 11.3. The predicted octanol–water partition coefficient (Wildman–Crippen LogP) is 2.34. The summed E-state index contributed by atoms with van der Waals surface area (Å²) in [5.41, 5.74) is 3.19. The molecule has 0 saturated heterocycles. The van der Waals surface area contributed by atoms with E-state index < -0.39 is 0 Å². The molecule has 3 N–H and O–H groups in total. The predicted molar refractivity (Wildman–Crippen MR) is 76.3 cm³/mol.